The van der Waals surface area contributed by atoms with Gasteiger partial charge in [0.25, 0.3) is 0 Å². The molecule has 2 aliphatic rings. The maximum Gasteiger partial charge on any atom is 0.163 e. The maximum absolute atomic E-state index is 12.4. The topological polar surface area (TPSA) is 80.7 Å². The minimum atomic E-state index is -1.56. The molecule has 0 aromatic rings. The van der Waals surface area contributed by atoms with Crippen LogP contribution in [0, 0.1) is 5.41 Å². The smallest absolute Gasteiger partial charge is 0.163 e. The van der Waals surface area contributed by atoms with E-state index in [1.807, 2.05) is 0 Å². The van der Waals surface area contributed by atoms with Gasteiger partial charge in [0.05, 0.1) is 12.2 Å². The van der Waals surface area contributed by atoms with Gasteiger partial charge in [-0.15, -0.1) is 0 Å². The summed E-state index contributed by atoms with van der Waals surface area (Å²) in [4.78, 5) is 37.0. The van der Waals surface area contributed by atoms with Crippen LogP contribution in [0.25, 0.3) is 0 Å². The second-order valence-corrected chi connectivity index (χ2v) is 5.34. The third-order valence-electron chi connectivity index (χ3n) is 4.09. The van der Waals surface area contributed by atoms with Crippen LogP contribution < -0.4 is 0 Å². The molecule has 2 aliphatic carbocycles. The van der Waals surface area contributed by atoms with Gasteiger partial charge in [-0.3, -0.25) is 14.4 Å². The molecule has 1 fully saturated rings. The van der Waals surface area contributed by atoms with Crippen molar-refractivity contribution in [1.29, 1.82) is 0 Å². The number of aliphatic hydroxyl groups excluding tert-OH is 1. The standard InChI is InChI=1S/C15H20O5/c1-2-20-9-15(12(18)7-4-8-13(15)19)14-10(16)5-3-6-11(14)17/h16H,2-9H2,1H3. The third-order valence-corrected chi connectivity index (χ3v) is 4.09. The zero-order valence-electron chi connectivity index (χ0n) is 11.7. The van der Waals surface area contributed by atoms with Crippen LogP contribution in [0.1, 0.15) is 45.4 Å². The van der Waals surface area contributed by atoms with E-state index in [1.54, 1.807) is 6.92 Å². The van der Waals surface area contributed by atoms with Gasteiger partial charge in [-0.1, -0.05) is 0 Å². The number of hydrogen-bond acceptors (Lipinski definition) is 5. The van der Waals surface area contributed by atoms with Gasteiger partial charge in [-0.25, -0.2) is 0 Å². The van der Waals surface area contributed by atoms with E-state index in [9.17, 15) is 19.5 Å². The summed E-state index contributed by atoms with van der Waals surface area (Å²) in [6.45, 7) is 1.99. The molecule has 0 saturated heterocycles. The molecule has 1 N–H and O–H groups in total. The van der Waals surface area contributed by atoms with Crippen molar-refractivity contribution in [2.45, 2.75) is 45.4 Å². The van der Waals surface area contributed by atoms with Crippen LogP contribution in [0.4, 0.5) is 0 Å². The van der Waals surface area contributed by atoms with Gasteiger partial charge < -0.3 is 9.84 Å². The fourth-order valence-electron chi connectivity index (χ4n) is 3.07. The quantitative estimate of drug-likeness (QED) is 0.795. The molecule has 5 heteroatoms. The third kappa shape index (κ3) is 2.30. The van der Waals surface area contributed by atoms with Gasteiger partial charge in [0.15, 0.2) is 17.3 Å². The average Bonchev–Trinajstić information content (AvgIpc) is 2.40. The number of Topliss-reactive ketones (excluding diaryl/α,β-unsaturated/α-hetero) is 3. The van der Waals surface area contributed by atoms with Crippen molar-refractivity contribution >= 4 is 17.3 Å². The van der Waals surface area contributed by atoms with E-state index >= 15 is 0 Å². The lowest BCUT2D eigenvalue weighted by Crippen LogP contribution is -2.50. The van der Waals surface area contributed by atoms with E-state index in [0.29, 0.717) is 25.9 Å². The first-order valence-electron chi connectivity index (χ1n) is 7.14. The lowest BCUT2D eigenvalue weighted by atomic mass is 9.64. The number of rotatable bonds is 4. The van der Waals surface area contributed by atoms with Crippen molar-refractivity contribution in [2.24, 2.45) is 5.41 Å². The molecule has 0 aliphatic heterocycles. The summed E-state index contributed by atoms with van der Waals surface area (Å²) in [5.74, 6) is -0.986. The SMILES string of the molecule is CCOCC1(C2=C(O)CCCC2=O)C(=O)CCCC1=O. The van der Waals surface area contributed by atoms with Crippen molar-refractivity contribution in [3.63, 3.8) is 0 Å². The molecule has 0 amide bonds. The molecule has 5 nitrogen and oxygen atoms in total. The largest absolute Gasteiger partial charge is 0.512 e. The lowest BCUT2D eigenvalue weighted by Gasteiger charge is -2.37. The predicted molar refractivity (Wildman–Crippen MR) is 71.3 cm³/mol. The summed E-state index contributed by atoms with van der Waals surface area (Å²) >= 11 is 0. The summed E-state index contributed by atoms with van der Waals surface area (Å²) in [5, 5.41) is 10.1. The van der Waals surface area contributed by atoms with E-state index in [0.717, 1.165) is 0 Å². The number of ketones is 3. The summed E-state index contributed by atoms with van der Waals surface area (Å²) in [7, 11) is 0. The van der Waals surface area contributed by atoms with E-state index < -0.39 is 5.41 Å². The van der Waals surface area contributed by atoms with E-state index in [2.05, 4.69) is 0 Å². The lowest BCUT2D eigenvalue weighted by molar-refractivity contribution is -0.147. The Morgan fingerprint density at radius 2 is 1.65 bits per heavy atom. The molecule has 0 aromatic carbocycles. The second kappa shape index (κ2) is 5.87. The Hall–Kier alpha value is -1.49. The zero-order chi connectivity index (χ0) is 14.8. The Balaban J connectivity index is 2.53. The highest BCUT2D eigenvalue weighted by molar-refractivity contribution is 6.19. The van der Waals surface area contributed by atoms with Crippen LogP contribution in [0.2, 0.25) is 0 Å². The van der Waals surface area contributed by atoms with E-state index in [4.69, 9.17) is 4.74 Å². The van der Waals surface area contributed by atoms with Crippen LogP contribution in [0.5, 0.6) is 0 Å². The predicted octanol–water partition coefficient (Wildman–Crippen LogP) is 1.90. The first-order chi connectivity index (χ1) is 9.54. The highest BCUT2D eigenvalue weighted by Gasteiger charge is 2.53. The first kappa shape index (κ1) is 14.9. The van der Waals surface area contributed by atoms with Crippen molar-refractivity contribution in [3.05, 3.63) is 11.3 Å². The fraction of sp³-hybridized carbons (Fsp3) is 0.667. The van der Waals surface area contributed by atoms with Gasteiger partial charge in [0.1, 0.15) is 11.2 Å². The van der Waals surface area contributed by atoms with Crippen molar-refractivity contribution in [1.82, 2.24) is 0 Å². The van der Waals surface area contributed by atoms with Gasteiger partial charge >= 0.3 is 0 Å². The van der Waals surface area contributed by atoms with E-state index in [-0.39, 0.29) is 54.6 Å². The van der Waals surface area contributed by atoms with Crippen molar-refractivity contribution < 1.29 is 24.2 Å². The summed E-state index contributed by atoms with van der Waals surface area (Å²) in [5.41, 5.74) is -1.55. The molecular weight excluding hydrogens is 260 g/mol. The minimum absolute atomic E-state index is 0.00639. The molecule has 0 atom stereocenters. The molecule has 0 unspecified atom stereocenters. The van der Waals surface area contributed by atoms with Gasteiger partial charge in [0, 0.05) is 32.3 Å². The second-order valence-electron chi connectivity index (χ2n) is 5.34. The molecule has 0 spiro atoms. The summed E-state index contributed by atoms with van der Waals surface area (Å²) in [6, 6.07) is 0. The van der Waals surface area contributed by atoms with Gasteiger partial charge in [-0.05, 0) is 19.8 Å². The molecule has 0 heterocycles. The monoisotopic (exact) mass is 280 g/mol. The van der Waals surface area contributed by atoms with Crippen molar-refractivity contribution in [2.75, 3.05) is 13.2 Å². The number of ether oxygens (including phenoxy) is 1. The number of carbonyl (C=O) groups excluding carboxylic acids is 3. The summed E-state index contributed by atoms with van der Waals surface area (Å²) in [6.07, 6.45) is 2.18. The molecule has 0 aromatic heterocycles. The molecule has 0 radical (unpaired) electrons. The minimum Gasteiger partial charge on any atom is -0.512 e. The molecule has 0 bridgehead atoms. The van der Waals surface area contributed by atoms with Crippen LogP contribution in [0.3, 0.4) is 0 Å². The molecule has 1 saturated carbocycles. The molecule has 110 valence electrons. The van der Waals surface area contributed by atoms with Crippen LogP contribution in [-0.4, -0.2) is 35.7 Å². The number of aliphatic hydroxyl groups is 1. The van der Waals surface area contributed by atoms with Gasteiger partial charge in [-0.2, -0.15) is 0 Å². The van der Waals surface area contributed by atoms with Crippen LogP contribution >= 0.6 is 0 Å². The maximum atomic E-state index is 12.4. The van der Waals surface area contributed by atoms with Crippen molar-refractivity contribution in [3.8, 4) is 0 Å². The Morgan fingerprint density at radius 3 is 2.20 bits per heavy atom. The van der Waals surface area contributed by atoms with Crippen LogP contribution in [-0.2, 0) is 19.1 Å². The molecule has 20 heavy (non-hydrogen) atoms. The highest BCUT2D eigenvalue weighted by atomic mass is 16.5. The fourth-order valence-corrected chi connectivity index (χ4v) is 3.07. The zero-order valence-corrected chi connectivity index (χ0v) is 11.7. The normalized spacial score (nSPS) is 23.4. The Morgan fingerprint density at radius 1 is 1.05 bits per heavy atom. The molecule has 2 rings (SSSR count). The first-order valence-corrected chi connectivity index (χ1v) is 7.14. The summed E-state index contributed by atoms with van der Waals surface area (Å²) < 4.78 is 5.33. The highest BCUT2D eigenvalue weighted by Crippen LogP contribution is 2.42. The Labute approximate surface area is 118 Å². The van der Waals surface area contributed by atoms with E-state index in [1.165, 1.54) is 0 Å². The van der Waals surface area contributed by atoms with Crippen LogP contribution in [0.15, 0.2) is 11.3 Å². The Kier molecular flexibility index (Phi) is 4.38. The average molecular weight is 280 g/mol. The Bertz CT molecular complexity index is 459. The molecular formula is C15H20O5. The number of carbonyl (C=O) groups is 3. The number of allylic oxidation sites excluding steroid dienone is 1. The number of hydrogen-bond donors (Lipinski definition) is 1. The van der Waals surface area contributed by atoms with Gasteiger partial charge in [0.2, 0.25) is 0 Å².